The van der Waals surface area contributed by atoms with Crippen molar-refractivity contribution in [2.24, 2.45) is 5.92 Å². The second kappa shape index (κ2) is 13.1. The van der Waals surface area contributed by atoms with Crippen LogP contribution in [0.15, 0.2) is 72.9 Å². The van der Waals surface area contributed by atoms with E-state index in [2.05, 4.69) is 45.0 Å². The van der Waals surface area contributed by atoms with Gasteiger partial charge in [-0.1, -0.05) is 74.0 Å². The van der Waals surface area contributed by atoms with Gasteiger partial charge in [0.25, 0.3) is 0 Å². The summed E-state index contributed by atoms with van der Waals surface area (Å²) in [5.41, 5.74) is 6.57. The Hall–Kier alpha value is -3.42. The number of hydrogen-bond donors (Lipinski definition) is 1. The molecule has 0 unspecified atom stereocenters. The van der Waals surface area contributed by atoms with Crippen LogP contribution in [0.5, 0.6) is 0 Å². The molecular formula is C38H48N2O4S. The van der Waals surface area contributed by atoms with Crippen molar-refractivity contribution in [3.8, 4) is 0 Å². The number of carbonyl (C=O) groups excluding carboxylic acids is 1. The highest BCUT2D eigenvalue weighted by Gasteiger charge is 2.42. The van der Waals surface area contributed by atoms with Crippen LogP contribution in [0.4, 0.5) is 5.69 Å². The Morgan fingerprint density at radius 2 is 1.73 bits per heavy atom. The zero-order chi connectivity index (χ0) is 32.5. The number of Topliss-reactive ketones (excluding diaryl/α,β-unsaturated/α-hetero) is 1. The van der Waals surface area contributed by atoms with Crippen LogP contribution in [0, 0.1) is 12.8 Å². The molecule has 240 valence electrons. The zero-order valence-corrected chi connectivity index (χ0v) is 28.4. The second-order valence-corrected chi connectivity index (χ2v) is 16.1. The SMILES string of the molecule is CCc1cn2c3c(cc(C(=O)C[C@@H](Cc4ccccc4)[C@H](O)CC[C@H](CC)c4cccc(C)c4)cc13)N(C)S(=O)(=O)C(C)(C)C2. The molecule has 4 aromatic rings. The monoisotopic (exact) mass is 628 g/mol. The van der Waals surface area contributed by atoms with Crippen LogP contribution in [0.25, 0.3) is 10.9 Å². The molecule has 1 aliphatic rings. The van der Waals surface area contributed by atoms with Crippen molar-refractivity contribution < 1.29 is 18.3 Å². The summed E-state index contributed by atoms with van der Waals surface area (Å²) in [6.45, 7) is 10.2. The quantitative estimate of drug-likeness (QED) is 0.162. The summed E-state index contributed by atoms with van der Waals surface area (Å²) in [6, 6.07) is 22.3. The Balaban J connectivity index is 1.46. The van der Waals surface area contributed by atoms with Gasteiger partial charge < -0.3 is 9.67 Å². The standard InChI is InChI=1S/C38H48N2O4S/c1-7-28(30-16-12-13-26(3)19-30)17-18-35(41)31(20-27-14-10-9-11-15-27)23-36(42)32-21-33-29(8-2)24-40-25-38(4,5)45(43,44)39(6)34(22-32)37(33)40/h9-16,19,21-22,24,28,31,35,41H,7-8,17-18,20,23,25H2,1-6H3/t28-,31+,35+/m0/s1. The highest BCUT2D eigenvalue weighted by molar-refractivity contribution is 7.94. The molecule has 0 bridgehead atoms. The maximum Gasteiger partial charge on any atom is 0.241 e. The number of anilines is 1. The van der Waals surface area contributed by atoms with E-state index in [1.165, 1.54) is 15.4 Å². The minimum atomic E-state index is -3.68. The number of aliphatic hydroxyl groups is 1. The van der Waals surface area contributed by atoms with Crippen LogP contribution in [-0.4, -0.2) is 41.8 Å². The minimum absolute atomic E-state index is 0.0806. The Kier molecular flexibility index (Phi) is 9.62. The van der Waals surface area contributed by atoms with Crippen molar-refractivity contribution in [3.05, 3.63) is 101 Å². The van der Waals surface area contributed by atoms with E-state index in [4.69, 9.17) is 0 Å². The van der Waals surface area contributed by atoms with Crippen molar-refractivity contribution >= 4 is 32.4 Å². The Bertz CT molecular complexity index is 1770. The molecule has 0 saturated carbocycles. The van der Waals surface area contributed by atoms with Gasteiger partial charge in [-0.25, -0.2) is 8.42 Å². The molecule has 0 aliphatic carbocycles. The first-order chi connectivity index (χ1) is 21.4. The van der Waals surface area contributed by atoms with Crippen molar-refractivity contribution in [1.29, 1.82) is 0 Å². The van der Waals surface area contributed by atoms with Crippen LogP contribution in [0.3, 0.4) is 0 Å². The number of aromatic nitrogens is 1. The van der Waals surface area contributed by atoms with E-state index >= 15 is 0 Å². The lowest BCUT2D eigenvalue weighted by molar-refractivity contribution is 0.0737. The highest BCUT2D eigenvalue weighted by atomic mass is 32.2. The third-order valence-corrected chi connectivity index (χ3v) is 12.3. The lowest BCUT2D eigenvalue weighted by Crippen LogP contribution is -2.44. The van der Waals surface area contributed by atoms with Crippen molar-refractivity contribution in [2.45, 2.75) is 96.5 Å². The fraction of sp³-hybridized carbons (Fsp3) is 0.447. The summed E-state index contributed by atoms with van der Waals surface area (Å²) >= 11 is 0. The highest BCUT2D eigenvalue weighted by Crippen LogP contribution is 2.40. The molecule has 1 aromatic heterocycles. The van der Waals surface area contributed by atoms with Gasteiger partial charge in [-0.15, -0.1) is 0 Å². The van der Waals surface area contributed by atoms with Crippen LogP contribution in [-0.2, 0) is 29.4 Å². The summed E-state index contributed by atoms with van der Waals surface area (Å²) in [6.07, 6.45) is 5.33. The first-order valence-corrected chi connectivity index (χ1v) is 17.8. The van der Waals surface area contributed by atoms with Gasteiger partial charge in [0, 0.05) is 37.2 Å². The molecule has 0 saturated heterocycles. The molecule has 6 nitrogen and oxygen atoms in total. The van der Waals surface area contributed by atoms with E-state index in [1.807, 2.05) is 47.2 Å². The molecule has 1 aliphatic heterocycles. The van der Waals surface area contributed by atoms with E-state index < -0.39 is 20.9 Å². The van der Waals surface area contributed by atoms with E-state index in [-0.39, 0.29) is 18.1 Å². The number of carbonyl (C=O) groups is 1. The number of hydrogen-bond acceptors (Lipinski definition) is 4. The van der Waals surface area contributed by atoms with E-state index in [0.29, 0.717) is 36.6 Å². The number of sulfonamides is 1. The lowest BCUT2D eigenvalue weighted by Gasteiger charge is -2.29. The third kappa shape index (κ3) is 6.61. The maximum atomic E-state index is 14.1. The van der Waals surface area contributed by atoms with Gasteiger partial charge in [0.2, 0.25) is 10.0 Å². The summed E-state index contributed by atoms with van der Waals surface area (Å²) in [7, 11) is -2.09. The summed E-state index contributed by atoms with van der Waals surface area (Å²) in [5.74, 6) is -0.0198. The number of benzene rings is 3. The van der Waals surface area contributed by atoms with Crippen LogP contribution in [0.2, 0.25) is 0 Å². The fourth-order valence-electron chi connectivity index (χ4n) is 7.04. The summed E-state index contributed by atoms with van der Waals surface area (Å²) in [4.78, 5) is 14.1. The van der Waals surface area contributed by atoms with Gasteiger partial charge in [0.15, 0.2) is 5.78 Å². The molecule has 0 amide bonds. The normalized spacial score (nSPS) is 17.5. The zero-order valence-electron chi connectivity index (χ0n) is 27.6. The summed E-state index contributed by atoms with van der Waals surface area (Å²) < 4.78 is 29.7. The van der Waals surface area contributed by atoms with Crippen LogP contribution < -0.4 is 4.31 Å². The average Bonchev–Trinajstić information content (AvgIpc) is 3.34. The molecule has 1 N–H and O–H groups in total. The molecule has 7 heteroatoms. The van der Waals surface area contributed by atoms with Gasteiger partial charge in [-0.2, -0.15) is 0 Å². The number of ketones is 1. The molecule has 0 radical (unpaired) electrons. The van der Waals surface area contributed by atoms with Gasteiger partial charge >= 0.3 is 0 Å². The second-order valence-electron chi connectivity index (χ2n) is 13.5. The molecule has 0 spiro atoms. The smallest absolute Gasteiger partial charge is 0.241 e. The number of rotatable bonds is 12. The molecule has 3 aromatic carbocycles. The maximum absolute atomic E-state index is 14.1. The van der Waals surface area contributed by atoms with Gasteiger partial charge in [0.1, 0.15) is 4.75 Å². The molecule has 5 rings (SSSR count). The van der Waals surface area contributed by atoms with Crippen molar-refractivity contribution in [3.63, 3.8) is 0 Å². The van der Waals surface area contributed by atoms with Gasteiger partial charge in [-0.3, -0.25) is 9.10 Å². The summed E-state index contributed by atoms with van der Waals surface area (Å²) in [5, 5.41) is 12.6. The Labute approximate surface area is 269 Å². The Morgan fingerprint density at radius 3 is 2.40 bits per heavy atom. The van der Waals surface area contributed by atoms with Crippen molar-refractivity contribution in [2.75, 3.05) is 11.4 Å². The van der Waals surface area contributed by atoms with Crippen molar-refractivity contribution in [1.82, 2.24) is 4.57 Å². The largest absolute Gasteiger partial charge is 0.393 e. The lowest BCUT2D eigenvalue weighted by atomic mass is 9.83. The Morgan fingerprint density at radius 1 is 1.00 bits per heavy atom. The van der Waals surface area contributed by atoms with Gasteiger partial charge in [-0.05, 0) is 93.5 Å². The molecule has 0 fully saturated rings. The third-order valence-electron chi connectivity index (χ3n) is 9.84. The van der Waals surface area contributed by atoms with Gasteiger partial charge in [0.05, 0.1) is 17.3 Å². The van der Waals surface area contributed by atoms with E-state index in [0.717, 1.165) is 41.3 Å². The van der Waals surface area contributed by atoms with Crippen LogP contribution in [0.1, 0.15) is 91.9 Å². The average molecular weight is 629 g/mol. The predicted molar refractivity (Wildman–Crippen MR) is 185 cm³/mol. The van der Waals surface area contributed by atoms with Crippen LogP contribution >= 0.6 is 0 Å². The molecule has 45 heavy (non-hydrogen) atoms. The predicted octanol–water partition coefficient (Wildman–Crippen LogP) is 7.84. The van der Waals surface area contributed by atoms with E-state index in [9.17, 15) is 18.3 Å². The first-order valence-electron chi connectivity index (χ1n) is 16.3. The number of nitrogens with zero attached hydrogens (tertiary/aromatic N) is 2. The molecular weight excluding hydrogens is 580 g/mol. The molecule has 2 heterocycles. The number of aliphatic hydroxyl groups excluding tert-OH is 1. The molecule has 3 atom stereocenters. The van der Waals surface area contributed by atoms with E-state index in [1.54, 1.807) is 27.0 Å². The first kappa shape index (κ1) is 33.0. The topological polar surface area (TPSA) is 79.6 Å². The number of aryl methyl sites for hydroxylation is 2. The minimum Gasteiger partial charge on any atom is -0.393 e. The fourth-order valence-corrected chi connectivity index (χ4v) is 8.48.